The monoisotopic (exact) mass is 357 g/mol. The normalized spacial score (nSPS) is 31.3. The molecule has 0 radical (unpaired) electrons. The van der Waals surface area contributed by atoms with E-state index in [2.05, 4.69) is 35.2 Å². The maximum Gasteiger partial charge on any atom is 0.309 e. The van der Waals surface area contributed by atoms with Crippen LogP contribution in [0.1, 0.15) is 88.3 Å². The van der Waals surface area contributed by atoms with Gasteiger partial charge in [0.05, 0.1) is 13.0 Å². The van der Waals surface area contributed by atoms with E-state index in [4.69, 9.17) is 4.74 Å². The molecule has 0 N–H and O–H groups in total. The van der Waals surface area contributed by atoms with Crippen molar-refractivity contribution >= 4 is 5.97 Å². The van der Waals surface area contributed by atoms with Crippen molar-refractivity contribution in [1.82, 2.24) is 14.8 Å². The molecule has 1 aromatic rings. The molecular weight excluding hydrogens is 326 g/mol. The van der Waals surface area contributed by atoms with Crippen LogP contribution in [0, 0.1) is 17.8 Å². The lowest BCUT2D eigenvalue weighted by molar-refractivity contribution is -0.145. The van der Waals surface area contributed by atoms with E-state index in [1.165, 1.54) is 45.0 Å². The Bertz CT molecular complexity index is 698. The van der Waals surface area contributed by atoms with E-state index in [1.807, 2.05) is 0 Å². The van der Waals surface area contributed by atoms with Gasteiger partial charge in [0.2, 0.25) is 0 Å². The van der Waals surface area contributed by atoms with Gasteiger partial charge in [0.25, 0.3) is 0 Å². The van der Waals surface area contributed by atoms with Crippen LogP contribution in [-0.2, 0) is 9.53 Å². The molecule has 5 heteroatoms. The maximum absolute atomic E-state index is 12.3. The van der Waals surface area contributed by atoms with Crippen molar-refractivity contribution in [1.29, 1.82) is 0 Å². The third-order valence-electron chi connectivity index (χ3n) is 6.40. The van der Waals surface area contributed by atoms with Crippen LogP contribution in [0.2, 0.25) is 0 Å². The topological polar surface area (TPSA) is 57.0 Å². The van der Waals surface area contributed by atoms with Crippen LogP contribution in [0.3, 0.4) is 0 Å². The van der Waals surface area contributed by atoms with Crippen molar-refractivity contribution in [2.45, 2.75) is 76.7 Å². The van der Waals surface area contributed by atoms with Gasteiger partial charge in [-0.2, -0.15) is 0 Å². The quantitative estimate of drug-likeness (QED) is 0.560. The number of hydrogen-bond acceptors (Lipinski definition) is 4. The Labute approximate surface area is 156 Å². The lowest BCUT2D eigenvalue weighted by Gasteiger charge is -2.36. The predicted molar refractivity (Wildman–Crippen MR) is 99.8 cm³/mol. The molecule has 5 nitrogen and oxygen atoms in total. The van der Waals surface area contributed by atoms with Crippen LogP contribution in [0.25, 0.3) is 0 Å². The second-order valence-corrected chi connectivity index (χ2v) is 9.08. The highest BCUT2D eigenvalue weighted by Crippen LogP contribution is 2.50. The fraction of sp³-hybridized carbons (Fsp3) is 0.762. The first-order chi connectivity index (χ1) is 12.5. The molecule has 0 bridgehead atoms. The van der Waals surface area contributed by atoms with E-state index in [0.29, 0.717) is 18.4 Å². The van der Waals surface area contributed by atoms with E-state index < -0.39 is 0 Å². The Morgan fingerprint density at radius 1 is 1.23 bits per heavy atom. The van der Waals surface area contributed by atoms with E-state index in [0.717, 1.165) is 29.7 Å². The van der Waals surface area contributed by atoms with E-state index in [9.17, 15) is 4.79 Å². The van der Waals surface area contributed by atoms with Crippen LogP contribution >= 0.6 is 0 Å². The van der Waals surface area contributed by atoms with Gasteiger partial charge in [0.15, 0.2) is 0 Å². The zero-order chi connectivity index (χ0) is 18.4. The zero-order valence-corrected chi connectivity index (χ0v) is 16.3. The SMILES string of the molecule is C=C1CC(c2nnc(C3CC(CC(C)C)C3)n2C2CC2)[C@@H](C(=O)OC)C1. The minimum atomic E-state index is -0.155. The minimum absolute atomic E-state index is 0.0725. The van der Waals surface area contributed by atoms with E-state index >= 15 is 0 Å². The summed E-state index contributed by atoms with van der Waals surface area (Å²) in [6.45, 7) is 8.74. The summed E-state index contributed by atoms with van der Waals surface area (Å²) in [6.07, 6.45) is 7.73. The van der Waals surface area contributed by atoms with Gasteiger partial charge in [-0.05, 0) is 56.8 Å². The summed E-state index contributed by atoms with van der Waals surface area (Å²) < 4.78 is 7.45. The smallest absolute Gasteiger partial charge is 0.309 e. The molecule has 0 spiro atoms. The summed E-state index contributed by atoms with van der Waals surface area (Å²) in [5.74, 6) is 4.10. The molecule has 0 saturated heterocycles. The van der Waals surface area contributed by atoms with Crippen molar-refractivity contribution in [3.63, 3.8) is 0 Å². The van der Waals surface area contributed by atoms with Crippen molar-refractivity contribution in [3.05, 3.63) is 23.8 Å². The fourth-order valence-corrected chi connectivity index (χ4v) is 5.02. The molecule has 1 aromatic heterocycles. The number of allylic oxidation sites excluding steroid dienone is 1. The summed E-state index contributed by atoms with van der Waals surface area (Å²) in [7, 11) is 1.47. The third kappa shape index (κ3) is 3.21. The number of ether oxygens (including phenoxy) is 1. The van der Waals surface area contributed by atoms with Crippen molar-refractivity contribution in [3.8, 4) is 0 Å². The first kappa shape index (κ1) is 17.7. The molecule has 3 fully saturated rings. The standard InChI is InChI=1S/C21H31N3O2/c1-12(2)7-14-10-15(11-14)19-22-23-20(24(19)16-5-6-16)17-8-13(3)9-18(17)21(25)26-4/h12,14-18H,3,5-11H2,1-2,4H3/t14?,15?,17?,18-/m0/s1. The summed E-state index contributed by atoms with van der Waals surface area (Å²) in [5, 5.41) is 9.25. The van der Waals surface area contributed by atoms with Gasteiger partial charge in [-0.3, -0.25) is 4.79 Å². The number of rotatable bonds is 6. The van der Waals surface area contributed by atoms with Crippen LogP contribution in [0.15, 0.2) is 12.2 Å². The Morgan fingerprint density at radius 2 is 1.92 bits per heavy atom. The average Bonchev–Trinajstić information content (AvgIpc) is 3.19. The molecule has 3 saturated carbocycles. The fourth-order valence-electron chi connectivity index (χ4n) is 5.02. The second kappa shape index (κ2) is 6.82. The van der Waals surface area contributed by atoms with Gasteiger partial charge in [-0.1, -0.05) is 26.0 Å². The molecule has 0 aliphatic heterocycles. The lowest BCUT2D eigenvalue weighted by atomic mass is 9.71. The van der Waals surface area contributed by atoms with Crippen LogP contribution in [0.5, 0.6) is 0 Å². The highest BCUT2D eigenvalue weighted by molar-refractivity contribution is 5.74. The largest absolute Gasteiger partial charge is 0.469 e. The van der Waals surface area contributed by atoms with E-state index in [1.54, 1.807) is 0 Å². The Balaban J connectivity index is 1.57. The van der Waals surface area contributed by atoms with Gasteiger partial charge in [-0.25, -0.2) is 0 Å². The molecule has 4 rings (SSSR count). The van der Waals surface area contributed by atoms with Crippen LogP contribution < -0.4 is 0 Å². The molecule has 3 aliphatic carbocycles. The van der Waals surface area contributed by atoms with Crippen LogP contribution in [-0.4, -0.2) is 27.8 Å². The number of nitrogens with zero attached hydrogens (tertiary/aromatic N) is 3. The average molecular weight is 357 g/mol. The van der Waals surface area contributed by atoms with Gasteiger partial charge in [0, 0.05) is 17.9 Å². The van der Waals surface area contributed by atoms with Crippen molar-refractivity contribution < 1.29 is 9.53 Å². The molecule has 3 aliphatic rings. The summed E-state index contributed by atoms with van der Waals surface area (Å²) in [4.78, 5) is 12.3. The lowest BCUT2D eigenvalue weighted by Crippen LogP contribution is -2.27. The molecule has 0 aromatic carbocycles. The van der Waals surface area contributed by atoms with Gasteiger partial charge in [-0.15, -0.1) is 10.2 Å². The third-order valence-corrected chi connectivity index (χ3v) is 6.40. The molecule has 26 heavy (non-hydrogen) atoms. The first-order valence-corrected chi connectivity index (χ1v) is 10.2. The highest BCUT2D eigenvalue weighted by Gasteiger charge is 2.44. The van der Waals surface area contributed by atoms with Crippen LogP contribution in [0.4, 0.5) is 0 Å². The first-order valence-electron chi connectivity index (χ1n) is 10.2. The summed E-state index contributed by atoms with van der Waals surface area (Å²) in [5.41, 5.74) is 1.12. The van der Waals surface area contributed by atoms with Gasteiger partial charge in [0.1, 0.15) is 11.6 Å². The summed E-state index contributed by atoms with van der Waals surface area (Å²) >= 11 is 0. The van der Waals surface area contributed by atoms with E-state index in [-0.39, 0.29) is 17.8 Å². The van der Waals surface area contributed by atoms with Crippen molar-refractivity contribution in [2.24, 2.45) is 17.8 Å². The molecule has 1 unspecified atom stereocenters. The highest BCUT2D eigenvalue weighted by atomic mass is 16.5. The molecular formula is C21H31N3O2. The predicted octanol–water partition coefficient (Wildman–Crippen LogP) is 4.38. The Morgan fingerprint density at radius 3 is 2.54 bits per heavy atom. The van der Waals surface area contributed by atoms with Crippen molar-refractivity contribution in [2.75, 3.05) is 7.11 Å². The Hall–Kier alpha value is -1.65. The summed E-state index contributed by atoms with van der Waals surface area (Å²) in [6, 6.07) is 0.534. The second-order valence-electron chi connectivity index (χ2n) is 9.08. The number of aromatic nitrogens is 3. The van der Waals surface area contributed by atoms with Gasteiger partial charge >= 0.3 is 5.97 Å². The minimum Gasteiger partial charge on any atom is -0.469 e. The number of carbonyl (C=O) groups is 1. The number of esters is 1. The number of carbonyl (C=O) groups excluding carboxylic acids is 1. The number of methoxy groups -OCH3 is 1. The molecule has 0 amide bonds. The molecule has 2 atom stereocenters. The Kier molecular flexibility index (Phi) is 4.66. The maximum atomic E-state index is 12.3. The number of hydrogen-bond donors (Lipinski definition) is 0. The van der Waals surface area contributed by atoms with Gasteiger partial charge < -0.3 is 9.30 Å². The molecule has 142 valence electrons. The molecule has 1 heterocycles. The zero-order valence-electron chi connectivity index (χ0n) is 16.3.